The van der Waals surface area contributed by atoms with Gasteiger partial charge in [0.2, 0.25) is 11.3 Å². The summed E-state index contributed by atoms with van der Waals surface area (Å²) in [4.78, 5) is 20.7. The van der Waals surface area contributed by atoms with Crippen LogP contribution in [0.4, 0.5) is 13.2 Å². The summed E-state index contributed by atoms with van der Waals surface area (Å²) in [5, 5.41) is 8.91. The Labute approximate surface area is 171 Å². The number of rotatable bonds is 7. The molecule has 7 nitrogen and oxygen atoms in total. The molecule has 1 heterocycles. The predicted molar refractivity (Wildman–Crippen MR) is 101 cm³/mol. The van der Waals surface area contributed by atoms with E-state index in [1.54, 1.807) is 6.07 Å². The van der Waals surface area contributed by atoms with E-state index in [9.17, 15) is 22.2 Å². The zero-order valence-electron chi connectivity index (χ0n) is 15.2. The van der Waals surface area contributed by atoms with E-state index in [2.05, 4.69) is 14.7 Å². The molecule has 0 aliphatic carbocycles. The van der Waals surface area contributed by atoms with Gasteiger partial charge in [-0.3, -0.25) is 14.3 Å². The van der Waals surface area contributed by atoms with E-state index < -0.39 is 40.1 Å². The molecule has 2 aromatic carbocycles. The van der Waals surface area contributed by atoms with Gasteiger partial charge in [-0.25, -0.2) is 27.1 Å². The van der Waals surface area contributed by atoms with Crippen LogP contribution < -0.4 is 4.72 Å². The highest BCUT2D eigenvalue weighted by molar-refractivity contribution is 7.77. The molecule has 0 saturated heterocycles. The van der Waals surface area contributed by atoms with Gasteiger partial charge in [0.25, 0.3) is 0 Å². The van der Waals surface area contributed by atoms with Gasteiger partial charge in [-0.05, 0) is 42.7 Å². The number of aromatic nitrogens is 2. The van der Waals surface area contributed by atoms with Crippen molar-refractivity contribution in [2.24, 2.45) is 0 Å². The minimum Gasteiger partial charge on any atom is -0.294 e. The molecule has 30 heavy (non-hydrogen) atoms. The standard InChI is InChI=1S/C19H13F3N4O3S/c20-13-6-10(2-1-5-25-30(28)29)17(21)16(18(13)22)19(27)11-3-4-14-15(7-11)26-12(8-23)9-24-14/h3-4,6-7,9,25H,1-2,5H2,(H,28,29). The molecular weight excluding hydrogens is 421 g/mol. The molecule has 1 unspecified atom stereocenters. The molecule has 0 radical (unpaired) electrons. The number of fused-ring (bicyclic) bond motifs is 1. The summed E-state index contributed by atoms with van der Waals surface area (Å²) in [6.07, 6.45) is 1.29. The van der Waals surface area contributed by atoms with Crippen LogP contribution in [0, 0.1) is 28.8 Å². The maximum atomic E-state index is 14.8. The largest absolute Gasteiger partial charge is 0.294 e. The fraction of sp³-hybridized carbons (Fsp3) is 0.158. The first-order chi connectivity index (χ1) is 14.3. The van der Waals surface area contributed by atoms with Crippen LogP contribution in [-0.2, 0) is 17.7 Å². The molecule has 1 aromatic heterocycles. The molecule has 0 fully saturated rings. The van der Waals surface area contributed by atoms with Crippen molar-refractivity contribution in [2.45, 2.75) is 12.8 Å². The van der Waals surface area contributed by atoms with Crippen LogP contribution in [-0.4, -0.2) is 31.1 Å². The van der Waals surface area contributed by atoms with Crippen molar-refractivity contribution in [1.29, 1.82) is 5.26 Å². The zero-order valence-corrected chi connectivity index (χ0v) is 16.0. The smallest absolute Gasteiger partial charge is 0.231 e. The molecule has 0 bridgehead atoms. The molecule has 11 heteroatoms. The first-order valence-electron chi connectivity index (χ1n) is 8.54. The second-order valence-electron chi connectivity index (χ2n) is 6.17. The molecule has 0 spiro atoms. The number of aryl methyl sites for hydroxylation is 1. The topological polar surface area (TPSA) is 116 Å². The number of halogens is 3. The first-order valence-corrected chi connectivity index (χ1v) is 9.64. The zero-order chi connectivity index (χ0) is 21.8. The summed E-state index contributed by atoms with van der Waals surface area (Å²) in [6, 6.07) is 6.34. The van der Waals surface area contributed by atoms with Crippen molar-refractivity contribution < 1.29 is 26.7 Å². The van der Waals surface area contributed by atoms with E-state index in [1.165, 1.54) is 24.4 Å². The van der Waals surface area contributed by atoms with Crippen LogP contribution in [0.25, 0.3) is 11.0 Å². The van der Waals surface area contributed by atoms with E-state index >= 15 is 0 Å². The highest BCUT2D eigenvalue weighted by atomic mass is 32.2. The van der Waals surface area contributed by atoms with E-state index in [-0.39, 0.29) is 41.7 Å². The number of hydrogen-bond donors (Lipinski definition) is 2. The van der Waals surface area contributed by atoms with E-state index in [1.807, 2.05) is 0 Å². The van der Waals surface area contributed by atoms with Crippen molar-refractivity contribution in [3.05, 3.63) is 70.3 Å². The van der Waals surface area contributed by atoms with Crippen LogP contribution in [0.1, 0.15) is 33.6 Å². The lowest BCUT2D eigenvalue weighted by atomic mass is 9.97. The summed E-state index contributed by atoms with van der Waals surface area (Å²) in [6.45, 7) is 0.0232. The molecule has 2 N–H and O–H groups in total. The Balaban J connectivity index is 1.97. The van der Waals surface area contributed by atoms with Gasteiger partial charge in [0.05, 0.1) is 22.8 Å². The fourth-order valence-corrected chi connectivity index (χ4v) is 3.15. The van der Waals surface area contributed by atoms with Gasteiger partial charge >= 0.3 is 0 Å². The van der Waals surface area contributed by atoms with Gasteiger partial charge in [0.1, 0.15) is 11.9 Å². The van der Waals surface area contributed by atoms with E-state index in [4.69, 9.17) is 9.81 Å². The fourth-order valence-electron chi connectivity index (χ4n) is 2.83. The lowest BCUT2D eigenvalue weighted by Gasteiger charge is -2.11. The van der Waals surface area contributed by atoms with Crippen molar-refractivity contribution in [1.82, 2.24) is 14.7 Å². The Bertz CT molecular complexity index is 1210. The number of nitriles is 1. The molecule has 0 saturated carbocycles. The second-order valence-corrected chi connectivity index (χ2v) is 6.95. The number of carbonyl (C=O) groups is 1. The Kier molecular flexibility index (Phi) is 6.51. The van der Waals surface area contributed by atoms with Gasteiger partial charge < -0.3 is 0 Å². The molecule has 0 amide bonds. The normalized spacial score (nSPS) is 12.0. The summed E-state index contributed by atoms with van der Waals surface area (Å²) in [7, 11) is 0. The number of ketones is 1. The lowest BCUT2D eigenvalue weighted by molar-refractivity contribution is 0.102. The number of benzene rings is 2. The highest BCUT2D eigenvalue weighted by Crippen LogP contribution is 2.25. The second kappa shape index (κ2) is 9.08. The minimum atomic E-state index is -2.25. The van der Waals surface area contributed by atoms with Crippen LogP contribution in [0.3, 0.4) is 0 Å². The van der Waals surface area contributed by atoms with Crippen LogP contribution in [0.15, 0.2) is 30.5 Å². The van der Waals surface area contributed by atoms with Crippen LogP contribution in [0.5, 0.6) is 0 Å². The minimum absolute atomic E-state index is 0.00470. The molecule has 0 aliphatic rings. The third-order valence-corrected chi connectivity index (χ3v) is 4.68. The highest BCUT2D eigenvalue weighted by Gasteiger charge is 2.25. The molecule has 3 aromatic rings. The van der Waals surface area contributed by atoms with E-state index in [0.29, 0.717) is 11.6 Å². The van der Waals surface area contributed by atoms with Gasteiger partial charge in [0.15, 0.2) is 23.1 Å². The first kappa shape index (κ1) is 21.5. The summed E-state index contributed by atoms with van der Waals surface area (Å²) in [5.41, 5.74) is -0.920. The SMILES string of the molecule is N#Cc1cnc2ccc(C(=O)c3c(F)c(F)cc(CCCNS(=O)O)c3F)cc2n1. The van der Waals surface area contributed by atoms with Crippen LogP contribution >= 0.6 is 0 Å². The molecule has 0 aliphatic heterocycles. The maximum absolute atomic E-state index is 14.8. The number of hydrogen-bond acceptors (Lipinski definition) is 5. The quantitative estimate of drug-likeness (QED) is 0.256. The van der Waals surface area contributed by atoms with Crippen molar-refractivity contribution in [3.8, 4) is 6.07 Å². The maximum Gasteiger partial charge on any atom is 0.231 e. The Morgan fingerprint density at radius 2 is 1.97 bits per heavy atom. The summed E-state index contributed by atoms with van der Waals surface area (Å²) < 4.78 is 64.6. The molecular formula is C19H13F3N4O3S. The van der Waals surface area contributed by atoms with Crippen molar-refractivity contribution >= 4 is 28.1 Å². The van der Waals surface area contributed by atoms with Gasteiger partial charge in [-0.15, -0.1) is 0 Å². The van der Waals surface area contributed by atoms with Crippen molar-refractivity contribution in [3.63, 3.8) is 0 Å². The average Bonchev–Trinajstić information content (AvgIpc) is 2.73. The predicted octanol–water partition coefficient (Wildman–Crippen LogP) is 2.81. The number of nitrogens with zero attached hydrogens (tertiary/aromatic N) is 3. The monoisotopic (exact) mass is 434 g/mol. The average molecular weight is 434 g/mol. The Morgan fingerprint density at radius 3 is 2.67 bits per heavy atom. The van der Waals surface area contributed by atoms with Gasteiger partial charge in [-0.2, -0.15) is 5.26 Å². The molecule has 1 atom stereocenters. The van der Waals surface area contributed by atoms with Gasteiger partial charge in [-0.1, -0.05) is 0 Å². The summed E-state index contributed by atoms with van der Waals surface area (Å²) in [5.74, 6) is -5.30. The Morgan fingerprint density at radius 1 is 1.20 bits per heavy atom. The third-order valence-electron chi connectivity index (χ3n) is 4.23. The lowest BCUT2D eigenvalue weighted by Crippen LogP contribution is -2.18. The third kappa shape index (κ3) is 4.51. The summed E-state index contributed by atoms with van der Waals surface area (Å²) >= 11 is -2.25. The number of carbonyl (C=O) groups excluding carboxylic acids is 1. The van der Waals surface area contributed by atoms with Crippen LogP contribution in [0.2, 0.25) is 0 Å². The van der Waals surface area contributed by atoms with E-state index in [0.717, 1.165) is 0 Å². The molecule has 3 rings (SSSR count). The van der Waals surface area contributed by atoms with Crippen molar-refractivity contribution in [2.75, 3.05) is 6.54 Å². The molecule has 154 valence electrons. The van der Waals surface area contributed by atoms with Gasteiger partial charge in [0, 0.05) is 12.1 Å². The number of nitrogens with one attached hydrogen (secondary N) is 1. The Hall–Kier alpha value is -3.20.